The second-order valence-corrected chi connectivity index (χ2v) is 2.04. The highest BCUT2D eigenvalue weighted by Gasteiger charge is 2.06. The first-order valence-electron chi connectivity index (χ1n) is 2.87. The quantitative estimate of drug-likeness (QED) is 0.552. The fraction of sp³-hybridized carbons (Fsp3) is 1.00. The van der Waals surface area contributed by atoms with Gasteiger partial charge < -0.3 is 0 Å². The molecule has 0 saturated heterocycles. The van der Waals surface area contributed by atoms with Gasteiger partial charge in [-0.15, -0.1) is 4.52 Å². The average molecular weight is 135 g/mol. The van der Waals surface area contributed by atoms with Crippen LogP contribution < -0.4 is 0 Å². The summed E-state index contributed by atoms with van der Waals surface area (Å²) in [6.45, 7) is 4.04. The molecule has 1 atom stereocenters. The molecule has 0 aromatic heterocycles. The summed E-state index contributed by atoms with van der Waals surface area (Å²) in [6.07, 6.45) is 2.10. The minimum atomic E-state index is -0.598. The Hall–Kier alpha value is 0.0600. The van der Waals surface area contributed by atoms with Crippen LogP contribution in [0.25, 0.3) is 0 Å². The van der Waals surface area contributed by atoms with Gasteiger partial charge in [0.2, 0.25) is 0 Å². The van der Waals surface area contributed by atoms with Crippen molar-refractivity contribution in [2.45, 2.75) is 32.8 Å². The van der Waals surface area contributed by atoms with Crippen molar-refractivity contribution in [3.63, 3.8) is 0 Å². The molecule has 0 spiro atoms. The summed E-state index contributed by atoms with van der Waals surface area (Å²) in [5.74, 6) is 0. The average Bonchev–Trinajstić information content (AvgIpc) is 1.83. The molecule has 0 aliphatic heterocycles. The molecule has 0 saturated carbocycles. The molecule has 0 aliphatic carbocycles. The topological polar surface area (TPSA) is 26.3 Å². The molecule has 0 N–H and O–H groups in total. The van der Waals surface area contributed by atoms with E-state index in [0.717, 1.165) is 12.8 Å². The number of hydrogen-bond donors (Lipinski definition) is 0. The second kappa shape index (κ2) is 5.20. The molecule has 0 rings (SSSR count). The molecular formula is C5H12O2P+. The highest BCUT2D eigenvalue weighted by Crippen LogP contribution is 2.08. The lowest BCUT2D eigenvalue weighted by Gasteiger charge is -1.99. The van der Waals surface area contributed by atoms with E-state index in [0.29, 0.717) is 0 Å². The van der Waals surface area contributed by atoms with E-state index in [-0.39, 0.29) is 6.10 Å². The van der Waals surface area contributed by atoms with Gasteiger partial charge in [-0.1, -0.05) is 13.8 Å². The summed E-state index contributed by atoms with van der Waals surface area (Å²) in [5.41, 5.74) is 0. The first-order valence-corrected chi connectivity index (χ1v) is 3.69. The van der Waals surface area contributed by atoms with Crippen molar-refractivity contribution in [1.29, 1.82) is 0 Å². The van der Waals surface area contributed by atoms with Crippen molar-refractivity contribution in [3.05, 3.63) is 0 Å². The summed E-state index contributed by atoms with van der Waals surface area (Å²) in [5, 5.41) is 0. The smallest absolute Gasteiger partial charge is 0.145 e. The molecule has 0 fully saturated rings. The molecule has 0 aliphatic rings. The van der Waals surface area contributed by atoms with Gasteiger partial charge in [0.05, 0.1) is 0 Å². The molecule has 1 unspecified atom stereocenters. The highest BCUT2D eigenvalue weighted by molar-refractivity contribution is 7.17. The summed E-state index contributed by atoms with van der Waals surface area (Å²) < 4.78 is 14.7. The lowest BCUT2D eigenvalue weighted by Crippen LogP contribution is -2.02. The predicted molar refractivity (Wildman–Crippen MR) is 34.5 cm³/mol. The highest BCUT2D eigenvalue weighted by atomic mass is 31.1. The molecule has 48 valence electrons. The minimum absolute atomic E-state index is 0.200. The fourth-order valence-corrected chi connectivity index (χ4v) is 0.993. The van der Waals surface area contributed by atoms with Crippen LogP contribution in [0.5, 0.6) is 0 Å². The fourth-order valence-electron chi connectivity index (χ4n) is 0.523. The zero-order chi connectivity index (χ0) is 6.41. The Labute approximate surface area is 51.5 Å². The van der Waals surface area contributed by atoms with Crippen LogP contribution in [0.4, 0.5) is 0 Å². The van der Waals surface area contributed by atoms with E-state index < -0.39 is 8.69 Å². The zero-order valence-electron chi connectivity index (χ0n) is 5.31. The molecule has 2 nitrogen and oxygen atoms in total. The minimum Gasteiger partial charge on any atom is -0.145 e. The third kappa shape index (κ3) is 3.11. The van der Waals surface area contributed by atoms with E-state index in [1.807, 2.05) is 13.8 Å². The van der Waals surface area contributed by atoms with E-state index in [1.54, 1.807) is 0 Å². The Bertz CT molecular complexity index is 61.4. The normalized spacial score (nSPS) is 10.9. The van der Waals surface area contributed by atoms with Crippen LogP contribution in [0.2, 0.25) is 0 Å². The maximum absolute atomic E-state index is 9.86. The van der Waals surface area contributed by atoms with Gasteiger partial charge in [0, 0.05) is 0 Å². The first-order chi connectivity index (χ1) is 3.85. The molecule has 0 bridgehead atoms. The first kappa shape index (κ1) is 8.06. The van der Waals surface area contributed by atoms with E-state index in [1.165, 1.54) is 0 Å². The zero-order valence-corrected chi connectivity index (χ0v) is 6.31. The Morgan fingerprint density at radius 2 is 2.00 bits per heavy atom. The van der Waals surface area contributed by atoms with Gasteiger partial charge in [0.15, 0.2) is 0 Å². The van der Waals surface area contributed by atoms with Gasteiger partial charge in [-0.05, 0) is 17.4 Å². The van der Waals surface area contributed by atoms with Crippen molar-refractivity contribution in [3.8, 4) is 0 Å². The molecule has 0 radical (unpaired) electrons. The second-order valence-electron chi connectivity index (χ2n) is 1.64. The van der Waals surface area contributed by atoms with Crippen molar-refractivity contribution in [2.75, 3.05) is 0 Å². The molecule has 0 heterocycles. The third-order valence-corrected chi connectivity index (χ3v) is 1.56. The van der Waals surface area contributed by atoms with E-state index in [9.17, 15) is 4.57 Å². The summed E-state index contributed by atoms with van der Waals surface area (Å²) in [6, 6.07) is 0. The summed E-state index contributed by atoms with van der Waals surface area (Å²) in [4.78, 5) is 0. The van der Waals surface area contributed by atoms with E-state index in [2.05, 4.69) is 0 Å². The van der Waals surface area contributed by atoms with Gasteiger partial charge in [0.1, 0.15) is 6.10 Å². The van der Waals surface area contributed by atoms with Gasteiger partial charge >= 0.3 is 8.69 Å². The number of hydrogen-bond acceptors (Lipinski definition) is 2. The van der Waals surface area contributed by atoms with Crippen molar-refractivity contribution in [2.24, 2.45) is 0 Å². The molecule has 8 heavy (non-hydrogen) atoms. The van der Waals surface area contributed by atoms with E-state index in [4.69, 9.17) is 4.52 Å². The summed E-state index contributed by atoms with van der Waals surface area (Å²) >= 11 is 0. The van der Waals surface area contributed by atoms with Crippen LogP contribution in [0.3, 0.4) is 0 Å². The van der Waals surface area contributed by atoms with Crippen LogP contribution in [0, 0.1) is 0 Å². The maximum atomic E-state index is 9.86. The van der Waals surface area contributed by atoms with Gasteiger partial charge in [-0.25, -0.2) is 0 Å². The Morgan fingerprint density at radius 1 is 1.50 bits per heavy atom. The molecule has 0 aromatic rings. The standard InChI is InChI=1S/C5H12O2P/c1-3-5(4-2)7-8-6/h5,8H,3-4H2,1-2H3/q+1. The van der Waals surface area contributed by atoms with Crippen LogP contribution in [-0.2, 0) is 9.09 Å². The van der Waals surface area contributed by atoms with Crippen molar-refractivity contribution >= 4 is 8.69 Å². The van der Waals surface area contributed by atoms with Crippen LogP contribution in [0.1, 0.15) is 26.7 Å². The predicted octanol–water partition coefficient (Wildman–Crippen LogP) is 2.13. The SMILES string of the molecule is CCC(CC)O[PH+]=O. The van der Waals surface area contributed by atoms with Crippen molar-refractivity contribution in [1.82, 2.24) is 0 Å². The van der Waals surface area contributed by atoms with Crippen LogP contribution in [-0.4, -0.2) is 6.10 Å². The largest absolute Gasteiger partial charge is 0.494 e. The Kier molecular flexibility index (Phi) is 5.24. The molecule has 3 heteroatoms. The monoisotopic (exact) mass is 135 g/mol. The van der Waals surface area contributed by atoms with Crippen molar-refractivity contribution < 1.29 is 9.09 Å². The lowest BCUT2D eigenvalue weighted by atomic mass is 10.2. The van der Waals surface area contributed by atoms with Gasteiger partial charge in [-0.3, -0.25) is 0 Å². The van der Waals surface area contributed by atoms with Crippen LogP contribution in [0.15, 0.2) is 0 Å². The maximum Gasteiger partial charge on any atom is 0.494 e. The lowest BCUT2D eigenvalue weighted by molar-refractivity contribution is 0.214. The van der Waals surface area contributed by atoms with Gasteiger partial charge in [0.25, 0.3) is 0 Å². The molecule has 0 aromatic carbocycles. The molecular weight excluding hydrogens is 123 g/mol. The summed E-state index contributed by atoms with van der Waals surface area (Å²) in [7, 11) is -0.598. The number of rotatable bonds is 4. The van der Waals surface area contributed by atoms with Crippen LogP contribution >= 0.6 is 8.69 Å². The Balaban J connectivity index is 3.20. The molecule has 0 amide bonds. The van der Waals surface area contributed by atoms with Gasteiger partial charge in [-0.2, -0.15) is 0 Å². The third-order valence-electron chi connectivity index (χ3n) is 1.13. The van der Waals surface area contributed by atoms with E-state index >= 15 is 0 Å². The Morgan fingerprint density at radius 3 is 2.12 bits per heavy atom.